The minimum absolute atomic E-state index is 0.0668. The molecular weight excluding hydrogens is 288 g/mol. The van der Waals surface area contributed by atoms with Gasteiger partial charge in [0.25, 0.3) is 0 Å². The van der Waals surface area contributed by atoms with Crippen LogP contribution in [0.15, 0.2) is 24.9 Å². The number of hydrogen-bond acceptors (Lipinski definition) is 4. The van der Waals surface area contributed by atoms with E-state index in [1.807, 2.05) is 10.9 Å². The van der Waals surface area contributed by atoms with E-state index in [-0.39, 0.29) is 5.54 Å². The van der Waals surface area contributed by atoms with Crippen molar-refractivity contribution in [3.8, 4) is 11.3 Å². The molecule has 0 radical (unpaired) electrons. The fourth-order valence-corrected chi connectivity index (χ4v) is 3.51. The van der Waals surface area contributed by atoms with Gasteiger partial charge < -0.3 is 4.57 Å². The van der Waals surface area contributed by atoms with Gasteiger partial charge in [-0.3, -0.25) is 0 Å². The lowest BCUT2D eigenvalue weighted by molar-refractivity contribution is 0.313. The smallest absolute Gasteiger partial charge is 0.144 e. The van der Waals surface area contributed by atoms with Gasteiger partial charge in [-0.25, -0.2) is 14.6 Å². The normalized spacial score (nSPS) is 18.7. The third-order valence-electron chi connectivity index (χ3n) is 5.37. The molecule has 118 valence electrons. The highest BCUT2D eigenvalue weighted by Crippen LogP contribution is 2.46. The summed E-state index contributed by atoms with van der Waals surface area (Å²) in [4.78, 5) is 8.78. The summed E-state index contributed by atoms with van der Waals surface area (Å²) in [5.41, 5.74) is 3.06. The Labute approximate surface area is 134 Å². The molecule has 3 aromatic rings. The van der Waals surface area contributed by atoms with Gasteiger partial charge in [0.05, 0.1) is 12.2 Å². The summed E-state index contributed by atoms with van der Waals surface area (Å²) < 4.78 is 4.31. The molecule has 6 heteroatoms. The molecule has 0 spiro atoms. The third-order valence-corrected chi connectivity index (χ3v) is 5.37. The van der Waals surface area contributed by atoms with Crippen molar-refractivity contribution in [1.82, 2.24) is 29.5 Å². The predicted molar refractivity (Wildman–Crippen MR) is 86.9 cm³/mol. The maximum absolute atomic E-state index is 4.55. The van der Waals surface area contributed by atoms with E-state index in [1.165, 1.54) is 25.7 Å². The first kappa shape index (κ1) is 13.2. The lowest BCUT2D eigenvalue weighted by Gasteiger charge is -2.27. The van der Waals surface area contributed by atoms with Crippen LogP contribution in [0.1, 0.15) is 45.6 Å². The second-order valence-corrected chi connectivity index (χ2v) is 7.42. The number of hydrogen-bond donors (Lipinski definition) is 0. The molecule has 6 nitrogen and oxygen atoms in total. The van der Waals surface area contributed by atoms with E-state index in [0.29, 0.717) is 6.04 Å². The van der Waals surface area contributed by atoms with Crippen LogP contribution in [0.3, 0.4) is 0 Å². The lowest BCUT2D eigenvalue weighted by Crippen LogP contribution is -2.28. The van der Waals surface area contributed by atoms with E-state index in [2.05, 4.69) is 51.1 Å². The molecule has 0 bridgehead atoms. The minimum atomic E-state index is 0.0668. The first-order chi connectivity index (χ1) is 11.1. The third kappa shape index (κ3) is 2.00. The van der Waals surface area contributed by atoms with Gasteiger partial charge in [-0.2, -0.15) is 0 Å². The van der Waals surface area contributed by atoms with Crippen molar-refractivity contribution < 1.29 is 0 Å². The number of rotatable bonds is 4. The van der Waals surface area contributed by atoms with Crippen molar-refractivity contribution in [2.24, 2.45) is 5.92 Å². The molecule has 0 aromatic carbocycles. The van der Waals surface area contributed by atoms with Crippen molar-refractivity contribution >= 4 is 11.0 Å². The Morgan fingerprint density at radius 2 is 1.96 bits per heavy atom. The molecule has 2 aliphatic carbocycles. The highest BCUT2D eigenvalue weighted by atomic mass is 15.4. The lowest BCUT2D eigenvalue weighted by atomic mass is 9.98. The first-order valence-electron chi connectivity index (χ1n) is 8.38. The van der Waals surface area contributed by atoms with Crippen LogP contribution in [0.25, 0.3) is 22.3 Å². The van der Waals surface area contributed by atoms with Crippen LogP contribution in [0.5, 0.6) is 0 Å². The first-order valence-corrected chi connectivity index (χ1v) is 8.38. The SMILES string of the molecule is CC(C)(C1CC1)n1cc(-c2cn(C3CC3)nn2)c2cncnc21. The van der Waals surface area contributed by atoms with Gasteiger partial charge in [-0.05, 0) is 45.4 Å². The van der Waals surface area contributed by atoms with E-state index >= 15 is 0 Å². The van der Waals surface area contributed by atoms with Crippen molar-refractivity contribution in [3.05, 3.63) is 24.9 Å². The summed E-state index contributed by atoms with van der Waals surface area (Å²) in [6.45, 7) is 4.61. The highest BCUT2D eigenvalue weighted by molar-refractivity contribution is 5.92. The summed E-state index contributed by atoms with van der Waals surface area (Å²) >= 11 is 0. The van der Waals surface area contributed by atoms with Crippen molar-refractivity contribution in [3.63, 3.8) is 0 Å². The molecule has 3 aromatic heterocycles. The van der Waals surface area contributed by atoms with Crippen LogP contribution in [0.4, 0.5) is 0 Å². The molecule has 0 amide bonds. The average molecular weight is 308 g/mol. The van der Waals surface area contributed by atoms with E-state index in [1.54, 1.807) is 6.33 Å². The van der Waals surface area contributed by atoms with Gasteiger partial charge in [0.1, 0.15) is 17.7 Å². The van der Waals surface area contributed by atoms with Crippen LogP contribution in [-0.4, -0.2) is 29.5 Å². The molecule has 3 heterocycles. The molecule has 0 N–H and O–H groups in total. The van der Waals surface area contributed by atoms with E-state index < -0.39 is 0 Å². The number of aromatic nitrogens is 6. The van der Waals surface area contributed by atoms with Crippen LogP contribution in [0, 0.1) is 5.92 Å². The second-order valence-electron chi connectivity index (χ2n) is 7.42. The van der Waals surface area contributed by atoms with Gasteiger partial charge in [-0.1, -0.05) is 5.21 Å². The number of fused-ring (bicyclic) bond motifs is 1. The molecule has 2 aliphatic rings. The Morgan fingerprint density at radius 3 is 2.70 bits per heavy atom. The van der Waals surface area contributed by atoms with E-state index in [0.717, 1.165) is 28.2 Å². The summed E-state index contributed by atoms with van der Waals surface area (Å²) in [5, 5.41) is 9.75. The molecule has 2 saturated carbocycles. The predicted octanol–water partition coefficient (Wildman–Crippen LogP) is 3.17. The summed E-state index contributed by atoms with van der Waals surface area (Å²) in [6.07, 6.45) is 12.8. The van der Waals surface area contributed by atoms with Crippen molar-refractivity contribution in [2.45, 2.75) is 51.1 Å². The molecule has 0 saturated heterocycles. The highest BCUT2D eigenvalue weighted by Gasteiger charge is 2.40. The van der Waals surface area contributed by atoms with Gasteiger partial charge in [0.2, 0.25) is 0 Å². The van der Waals surface area contributed by atoms with Crippen LogP contribution in [-0.2, 0) is 5.54 Å². The zero-order valence-corrected chi connectivity index (χ0v) is 13.5. The van der Waals surface area contributed by atoms with Gasteiger partial charge in [0.15, 0.2) is 0 Å². The molecule has 0 unspecified atom stereocenters. The molecule has 23 heavy (non-hydrogen) atoms. The molecular formula is C17H20N6. The Hall–Kier alpha value is -2.24. The molecule has 0 atom stereocenters. The summed E-state index contributed by atoms with van der Waals surface area (Å²) in [6, 6.07) is 0.545. The minimum Gasteiger partial charge on any atom is -0.326 e. The summed E-state index contributed by atoms with van der Waals surface area (Å²) in [7, 11) is 0. The zero-order valence-electron chi connectivity index (χ0n) is 13.5. The molecule has 2 fully saturated rings. The molecule has 5 rings (SSSR count). The Balaban J connectivity index is 1.68. The fraction of sp³-hybridized carbons (Fsp3) is 0.529. The van der Waals surface area contributed by atoms with Crippen LogP contribution < -0.4 is 0 Å². The van der Waals surface area contributed by atoms with Gasteiger partial charge in [0, 0.05) is 28.9 Å². The monoisotopic (exact) mass is 308 g/mol. The Kier molecular flexibility index (Phi) is 2.53. The number of nitrogens with zero attached hydrogens (tertiary/aromatic N) is 6. The van der Waals surface area contributed by atoms with Gasteiger partial charge >= 0.3 is 0 Å². The van der Waals surface area contributed by atoms with Crippen molar-refractivity contribution in [1.29, 1.82) is 0 Å². The maximum atomic E-state index is 4.55. The fourth-order valence-electron chi connectivity index (χ4n) is 3.51. The Morgan fingerprint density at radius 1 is 1.13 bits per heavy atom. The quantitative estimate of drug-likeness (QED) is 0.742. The zero-order chi connectivity index (χ0) is 15.6. The summed E-state index contributed by atoms with van der Waals surface area (Å²) in [5.74, 6) is 0.725. The van der Waals surface area contributed by atoms with Gasteiger partial charge in [-0.15, -0.1) is 5.10 Å². The molecule has 0 aliphatic heterocycles. The van der Waals surface area contributed by atoms with Crippen LogP contribution in [0.2, 0.25) is 0 Å². The second kappa shape index (κ2) is 4.40. The largest absolute Gasteiger partial charge is 0.326 e. The average Bonchev–Trinajstić information content (AvgIpc) is 3.47. The van der Waals surface area contributed by atoms with E-state index in [9.17, 15) is 0 Å². The van der Waals surface area contributed by atoms with Crippen LogP contribution >= 0.6 is 0 Å². The Bertz CT molecular complexity index is 882. The van der Waals surface area contributed by atoms with E-state index in [4.69, 9.17) is 0 Å². The van der Waals surface area contributed by atoms with Crippen molar-refractivity contribution in [2.75, 3.05) is 0 Å². The maximum Gasteiger partial charge on any atom is 0.144 e. The standard InChI is InChI=1S/C17H20N6/c1-17(2,11-3-4-11)22-8-14(13-7-18-10-19-16(13)22)15-9-23(21-20-15)12-5-6-12/h7-12H,3-6H2,1-2H3. The topological polar surface area (TPSA) is 61.4 Å².